The summed E-state index contributed by atoms with van der Waals surface area (Å²) in [5.74, 6) is 1.15. The van der Waals surface area contributed by atoms with Gasteiger partial charge in [0.25, 0.3) is 0 Å². The molecule has 0 aliphatic carbocycles. The van der Waals surface area contributed by atoms with Gasteiger partial charge in [0.2, 0.25) is 0 Å². The Morgan fingerprint density at radius 3 is 2.73 bits per heavy atom. The summed E-state index contributed by atoms with van der Waals surface area (Å²) in [6.45, 7) is 0.188. The molecular weight excluding hydrogens is 329 g/mol. The predicted molar refractivity (Wildman–Crippen MR) is 83.2 cm³/mol. The molecule has 1 heterocycles. The van der Waals surface area contributed by atoms with Crippen molar-refractivity contribution in [1.82, 2.24) is 0 Å². The molecule has 5 nitrogen and oxygen atoms in total. The summed E-state index contributed by atoms with van der Waals surface area (Å²) in [7, 11) is 1.29. The van der Waals surface area contributed by atoms with Gasteiger partial charge in [0.1, 0.15) is 34.9 Å². The van der Waals surface area contributed by atoms with Gasteiger partial charge in [-0.05, 0) is 24.3 Å². The van der Waals surface area contributed by atoms with Crippen LogP contribution in [0.15, 0.2) is 34.7 Å². The van der Waals surface area contributed by atoms with E-state index in [-0.39, 0.29) is 13.0 Å². The van der Waals surface area contributed by atoms with Gasteiger partial charge in [-0.2, -0.15) is 0 Å². The molecule has 0 aliphatic heterocycles. The number of hydrogen-bond donors (Lipinski definition) is 1. The van der Waals surface area contributed by atoms with E-state index in [9.17, 15) is 4.79 Å². The summed E-state index contributed by atoms with van der Waals surface area (Å²) < 4.78 is 15.7. The van der Waals surface area contributed by atoms with Crippen molar-refractivity contribution >= 4 is 29.2 Å². The second kappa shape index (κ2) is 7.54. The highest BCUT2D eigenvalue weighted by molar-refractivity contribution is 6.42. The van der Waals surface area contributed by atoms with E-state index in [1.165, 1.54) is 7.11 Å². The number of esters is 1. The molecule has 0 saturated carbocycles. The van der Waals surface area contributed by atoms with Crippen LogP contribution in [0.25, 0.3) is 0 Å². The highest BCUT2D eigenvalue weighted by atomic mass is 35.5. The Morgan fingerprint density at radius 2 is 2.00 bits per heavy atom. The molecule has 1 aromatic heterocycles. The molecular formula is C15H15Cl2NO4. The van der Waals surface area contributed by atoms with E-state index in [4.69, 9.17) is 38.1 Å². The Balaban J connectivity index is 1.95. The standard InChI is InChI=1S/C15H15Cl2NO4/c1-20-15(19)12(18)7-9-5-6-10(22-9)8-21-13-4-2-3-11(16)14(13)17/h2-6,12H,7-8,18H2,1H3. The molecule has 0 saturated heterocycles. The first-order valence-corrected chi connectivity index (χ1v) is 7.24. The largest absolute Gasteiger partial charge is 0.484 e. The van der Waals surface area contributed by atoms with Crippen molar-refractivity contribution in [3.63, 3.8) is 0 Å². The third kappa shape index (κ3) is 4.16. The molecule has 1 atom stereocenters. The van der Waals surface area contributed by atoms with E-state index in [1.807, 2.05) is 0 Å². The Morgan fingerprint density at radius 1 is 1.27 bits per heavy atom. The maximum Gasteiger partial charge on any atom is 0.323 e. The van der Waals surface area contributed by atoms with Crippen LogP contribution in [0.4, 0.5) is 0 Å². The van der Waals surface area contributed by atoms with Crippen molar-refractivity contribution in [2.45, 2.75) is 19.1 Å². The first-order chi connectivity index (χ1) is 10.5. The molecule has 0 aliphatic rings. The number of hydrogen-bond acceptors (Lipinski definition) is 5. The zero-order valence-corrected chi connectivity index (χ0v) is 13.4. The zero-order valence-electron chi connectivity index (χ0n) is 11.8. The number of ether oxygens (including phenoxy) is 2. The second-order valence-electron chi connectivity index (χ2n) is 4.54. The van der Waals surface area contributed by atoms with Gasteiger partial charge in [-0.15, -0.1) is 0 Å². The summed E-state index contributed by atoms with van der Waals surface area (Å²) in [4.78, 5) is 11.3. The van der Waals surface area contributed by atoms with Crippen LogP contribution in [-0.2, 0) is 22.6 Å². The zero-order chi connectivity index (χ0) is 16.1. The van der Waals surface area contributed by atoms with Crippen molar-refractivity contribution < 1.29 is 18.7 Å². The number of methoxy groups -OCH3 is 1. The molecule has 0 amide bonds. The van der Waals surface area contributed by atoms with Crippen LogP contribution >= 0.6 is 23.2 Å². The number of carbonyl (C=O) groups is 1. The van der Waals surface area contributed by atoms with E-state index in [0.717, 1.165) is 0 Å². The van der Waals surface area contributed by atoms with Crippen LogP contribution in [-0.4, -0.2) is 19.1 Å². The number of carbonyl (C=O) groups excluding carboxylic acids is 1. The Labute approximate surface area is 137 Å². The molecule has 22 heavy (non-hydrogen) atoms. The molecule has 2 aromatic rings. The Hall–Kier alpha value is -1.69. The predicted octanol–water partition coefficient (Wildman–Crippen LogP) is 3.21. The van der Waals surface area contributed by atoms with E-state index in [0.29, 0.717) is 27.3 Å². The Kier molecular flexibility index (Phi) is 5.71. The number of halogens is 2. The molecule has 0 radical (unpaired) electrons. The van der Waals surface area contributed by atoms with Gasteiger partial charge in [0, 0.05) is 6.42 Å². The van der Waals surface area contributed by atoms with E-state index in [1.54, 1.807) is 30.3 Å². The minimum Gasteiger partial charge on any atom is -0.484 e. The van der Waals surface area contributed by atoms with Gasteiger partial charge in [-0.3, -0.25) is 4.79 Å². The average Bonchev–Trinajstić information content (AvgIpc) is 2.95. The molecule has 0 fully saturated rings. The second-order valence-corrected chi connectivity index (χ2v) is 5.33. The van der Waals surface area contributed by atoms with Crippen molar-refractivity contribution in [3.8, 4) is 5.75 Å². The third-order valence-corrected chi connectivity index (χ3v) is 3.73. The van der Waals surface area contributed by atoms with E-state index >= 15 is 0 Å². The summed E-state index contributed by atoms with van der Waals surface area (Å²) in [6, 6.07) is 7.86. The lowest BCUT2D eigenvalue weighted by atomic mass is 10.2. The fourth-order valence-electron chi connectivity index (χ4n) is 1.81. The Bertz CT molecular complexity index is 657. The molecule has 1 aromatic carbocycles. The van der Waals surface area contributed by atoms with Crippen molar-refractivity contribution in [1.29, 1.82) is 0 Å². The molecule has 118 valence electrons. The first kappa shape index (κ1) is 16.7. The van der Waals surface area contributed by atoms with E-state index < -0.39 is 12.0 Å². The normalized spacial score (nSPS) is 12.0. The minimum absolute atomic E-state index is 0.188. The molecule has 1 unspecified atom stereocenters. The van der Waals surface area contributed by atoms with Crippen LogP contribution in [0.2, 0.25) is 10.0 Å². The number of benzene rings is 1. The smallest absolute Gasteiger partial charge is 0.323 e. The monoisotopic (exact) mass is 343 g/mol. The minimum atomic E-state index is -0.757. The van der Waals surface area contributed by atoms with Crippen LogP contribution in [0.1, 0.15) is 11.5 Å². The van der Waals surface area contributed by atoms with Gasteiger partial charge in [-0.1, -0.05) is 29.3 Å². The number of furan rings is 1. The fraction of sp³-hybridized carbons (Fsp3) is 0.267. The van der Waals surface area contributed by atoms with Gasteiger partial charge in [0.05, 0.1) is 12.1 Å². The maximum atomic E-state index is 11.3. The molecule has 2 N–H and O–H groups in total. The number of nitrogens with two attached hydrogens (primary N) is 1. The fourth-order valence-corrected chi connectivity index (χ4v) is 2.15. The summed E-state index contributed by atoms with van der Waals surface area (Å²) in [5, 5.41) is 0.770. The first-order valence-electron chi connectivity index (χ1n) is 6.49. The number of rotatable bonds is 6. The lowest BCUT2D eigenvalue weighted by Crippen LogP contribution is -2.33. The summed E-state index contributed by atoms with van der Waals surface area (Å²) >= 11 is 11.9. The third-order valence-electron chi connectivity index (χ3n) is 2.93. The maximum absolute atomic E-state index is 11.3. The topological polar surface area (TPSA) is 74.7 Å². The highest BCUT2D eigenvalue weighted by Crippen LogP contribution is 2.32. The van der Waals surface area contributed by atoms with Gasteiger partial charge in [-0.25, -0.2) is 0 Å². The molecule has 7 heteroatoms. The van der Waals surface area contributed by atoms with Crippen LogP contribution in [0, 0.1) is 0 Å². The average molecular weight is 344 g/mol. The van der Waals surface area contributed by atoms with E-state index in [2.05, 4.69) is 4.74 Å². The van der Waals surface area contributed by atoms with Gasteiger partial charge in [0.15, 0.2) is 0 Å². The summed E-state index contributed by atoms with van der Waals surface area (Å²) in [6.07, 6.45) is 0.255. The van der Waals surface area contributed by atoms with Gasteiger partial charge >= 0.3 is 5.97 Å². The van der Waals surface area contributed by atoms with Crippen molar-refractivity contribution in [2.24, 2.45) is 5.73 Å². The summed E-state index contributed by atoms with van der Waals surface area (Å²) in [5.41, 5.74) is 5.67. The van der Waals surface area contributed by atoms with Crippen LogP contribution < -0.4 is 10.5 Å². The lowest BCUT2D eigenvalue weighted by molar-refractivity contribution is -0.142. The quantitative estimate of drug-likeness (QED) is 0.815. The molecule has 0 bridgehead atoms. The van der Waals surface area contributed by atoms with Crippen LogP contribution in [0.3, 0.4) is 0 Å². The molecule has 0 spiro atoms. The van der Waals surface area contributed by atoms with Crippen LogP contribution in [0.5, 0.6) is 5.75 Å². The van der Waals surface area contributed by atoms with Crippen molar-refractivity contribution in [3.05, 3.63) is 51.9 Å². The molecule has 2 rings (SSSR count). The van der Waals surface area contributed by atoms with Crippen molar-refractivity contribution in [2.75, 3.05) is 7.11 Å². The highest BCUT2D eigenvalue weighted by Gasteiger charge is 2.16. The SMILES string of the molecule is COC(=O)C(N)Cc1ccc(COc2cccc(Cl)c2Cl)o1. The van der Waals surface area contributed by atoms with Gasteiger partial charge < -0.3 is 19.6 Å². The lowest BCUT2D eigenvalue weighted by Gasteiger charge is -2.08.